The lowest BCUT2D eigenvalue weighted by molar-refractivity contribution is 0.238. The van der Waals surface area contributed by atoms with Crippen LogP contribution in [0.1, 0.15) is 58.8 Å². The molecule has 0 amide bonds. The van der Waals surface area contributed by atoms with E-state index in [-0.39, 0.29) is 27.9 Å². The Morgan fingerprint density at radius 2 is 1.94 bits per heavy atom. The minimum absolute atomic E-state index is 0.0354. The van der Waals surface area contributed by atoms with Crippen LogP contribution >= 0.6 is 0 Å². The van der Waals surface area contributed by atoms with E-state index < -0.39 is 17.4 Å². The number of aromatic nitrogens is 3. The summed E-state index contributed by atoms with van der Waals surface area (Å²) in [6.45, 7) is 4.60. The molecule has 6 nitrogen and oxygen atoms in total. The molecule has 0 radical (unpaired) electrons. The number of benzene rings is 1. The van der Waals surface area contributed by atoms with Crippen LogP contribution < -0.4 is 10.5 Å². The second-order valence-electron chi connectivity index (χ2n) is 10.4. The zero-order valence-corrected chi connectivity index (χ0v) is 21.4. The molecule has 1 fully saturated rings. The van der Waals surface area contributed by atoms with E-state index in [0.717, 1.165) is 31.7 Å². The molecular weight excluding hydrogens is 462 g/mol. The minimum Gasteiger partial charge on any atom is -0.507 e. The molecule has 0 unspecified atom stereocenters. The fourth-order valence-corrected chi connectivity index (χ4v) is 5.48. The molecule has 1 aromatic carbocycles. The van der Waals surface area contributed by atoms with Crippen LogP contribution in [0.5, 0.6) is 5.75 Å². The van der Waals surface area contributed by atoms with Crippen molar-refractivity contribution in [2.45, 2.75) is 64.8 Å². The number of rotatable bonds is 6. The third-order valence-electron chi connectivity index (χ3n) is 7.57. The molecule has 36 heavy (non-hydrogen) atoms. The minimum atomic E-state index is -1.24. The van der Waals surface area contributed by atoms with Gasteiger partial charge >= 0.3 is 0 Å². The molecule has 192 valence electrons. The molecule has 1 saturated carbocycles. The van der Waals surface area contributed by atoms with Crippen molar-refractivity contribution in [1.29, 1.82) is 0 Å². The van der Waals surface area contributed by atoms with E-state index >= 15 is 8.78 Å². The van der Waals surface area contributed by atoms with E-state index in [9.17, 15) is 9.90 Å². The van der Waals surface area contributed by atoms with E-state index in [1.54, 1.807) is 19.2 Å². The summed E-state index contributed by atoms with van der Waals surface area (Å²) >= 11 is 0. The van der Waals surface area contributed by atoms with Gasteiger partial charge in [-0.25, -0.2) is 8.78 Å². The van der Waals surface area contributed by atoms with E-state index in [0.29, 0.717) is 17.3 Å². The molecule has 1 N–H and O–H groups in total. The SMILES string of the molecule is CCC[C@]1(C)CCCC[C@H](N(C)c2ccc(-c3c(O)cc(-c4ccn(C)c(=O)c4)c(F)c3F)nn2)C1. The number of phenols is 1. The number of aryl methyl sites for hydroxylation is 1. The zero-order chi connectivity index (χ0) is 26.0. The Morgan fingerprint density at radius 3 is 2.61 bits per heavy atom. The first-order chi connectivity index (χ1) is 17.1. The number of aromatic hydroxyl groups is 1. The maximum atomic E-state index is 15.1. The summed E-state index contributed by atoms with van der Waals surface area (Å²) < 4.78 is 31.5. The van der Waals surface area contributed by atoms with Gasteiger partial charge in [0, 0.05) is 38.0 Å². The number of halogens is 2. The van der Waals surface area contributed by atoms with Crippen molar-refractivity contribution >= 4 is 5.82 Å². The van der Waals surface area contributed by atoms with Crippen molar-refractivity contribution in [1.82, 2.24) is 14.8 Å². The molecule has 0 spiro atoms. The van der Waals surface area contributed by atoms with Gasteiger partial charge in [0.25, 0.3) is 5.56 Å². The van der Waals surface area contributed by atoms with Gasteiger partial charge in [0.15, 0.2) is 17.5 Å². The fourth-order valence-electron chi connectivity index (χ4n) is 5.48. The highest BCUT2D eigenvalue weighted by molar-refractivity contribution is 5.75. The van der Waals surface area contributed by atoms with Crippen molar-refractivity contribution in [3.8, 4) is 28.1 Å². The third-order valence-corrected chi connectivity index (χ3v) is 7.57. The van der Waals surface area contributed by atoms with Gasteiger partial charge in [0.05, 0.1) is 11.3 Å². The molecule has 2 atom stereocenters. The Kier molecular flexibility index (Phi) is 7.43. The summed E-state index contributed by atoms with van der Waals surface area (Å²) in [4.78, 5) is 14.1. The van der Waals surface area contributed by atoms with Crippen molar-refractivity contribution in [3.63, 3.8) is 0 Å². The standard InChI is InChI=1S/C28H34F2N4O2/c1-5-12-28(2)13-7-6-8-19(17-28)34(4)23-10-9-21(31-32-23)25-22(35)16-20(26(29)27(25)30)18-11-14-33(3)24(36)15-18/h9-11,14-16,19,35H,5-8,12-13,17H2,1-4H3/t19-,28+/m0/s1. The van der Waals surface area contributed by atoms with Gasteiger partial charge in [-0.3, -0.25) is 4.79 Å². The van der Waals surface area contributed by atoms with Crippen LogP contribution in [0.4, 0.5) is 14.6 Å². The molecule has 2 heterocycles. The van der Waals surface area contributed by atoms with Crippen LogP contribution in [0.25, 0.3) is 22.4 Å². The monoisotopic (exact) mass is 496 g/mol. The summed E-state index contributed by atoms with van der Waals surface area (Å²) in [7, 11) is 3.56. The van der Waals surface area contributed by atoms with Crippen molar-refractivity contribution in [2.75, 3.05) is 11.9 Å². The Morgan fingerprint density at radius 1 is 1.17 bits per heavy atom. The van der Waals surface area contributed by atoms with Gasteiger partial charge in [-0.2, -0.15) is 0 Å². The number of phenolic OH excluding ortho intramolecular Hbond substituents is 1. The third kappa shape index (κ3) is 5.13. The maximum Gasteiger partial charge on any atom is 0.250 e. The lowest BCUT2D eigenvalue weighted by Crippen LogP contribution is -2.36. The lowest BCUT2D eigenvalue weighted by Gasteiger charge is -2.35. The smallest absolute Gasteiger partial charge is 0.250 e. The highest BCUT2D eigenvalue weighted by Gasteiger charge is 2.32. The molecule has 3 aromatic rings. The molecule has 1 aliphatic carbocycles. The number of hydrogen-bond acceptors (Lipinski definition) is 5. The van der Waals surface area contributed by atoms with Gasteiger partial charge in [-0.05, 0) is 60.9 Å². The maximum absolute atomic E-state index is 15.1. The van der Waals surface area contributed by atoms with Gasteiger partial charge < -0.3 is 14.6 Å². The van der Waals surface area contributed by atoms with Crippen molar-refractivity contribution < 1.29 is 13.9 Å². The van der Waals surface area contributed by atoms with Gasteiger partial charge in [0.2, 0.25) is 0 Å². The normalized spacial score (nSPS) is 20.2. The zero-order valence-electron chi connectivity index (χ0n) is 21.4. The molecule has 0 aliphatic heterocycles. The van der Waals surface area contributed by atoms with E-state index in [1.165, 1.54) is 42.2 Å². The van der Waals surface area contributed by atoms with Crippen LogP contribution in [0, 0.1) is 17.0 Å². The summed E-state index contributed by atoms with van der Waals surface area (Å²) in [6.07, 6.45) is 9.58. The first-order valence-corrected chi connectivity index (χ1v) is 12.6. The fraction of sp³-hybridized carbons (Fsp3) is 0.464. The van der Waals surface area contributed by atoms with E-state index in [1.807, 2.05) is 7.05 Å². The molecule has 8 heteroatoms. The van der Waals surface area contributed by atoms with Gasteiger partial charge in [-0.15, -0.1) is 10.2 Å². The van der Waals surface area contributed by atoms with Crippen molar-refractivity contribution in [2.24, 2.45) is 12.5 Å². The first-order valence-electron chi connectivity index (χ1n) is 12.6. The highest BCUT2D eigenvalue weighted by Crippen LogP contribution is 2.41. The number of anilines is 1. The van der Waals surface area contributed by atoms with Crippen LogP contribution in [-0.4, -0.2) is 33.0 Å². The molecule has 0 saturated heterocycles. The number of hydrogen-bond donors (Lipinski definition) is 1. The second kappa shape index (κ2) is 10.4. The number of nitrogens with zero attached hydrogens (tertiary/aromatic N) is 4. The molecule has 4 rings (SSSR count). The highest BCUT2D eigenvalue weighted by atomic mass is 19.2. The topological polar surface area (TPSA) is 71.2 Å². The predicted octanol–water partition coefficient (Wildman–Crippen LogP) is 6.07. The Bertz CT molecular complexity index is 1290. The van der Waals surface area contributed by atoms with E-state index in [4.69, 9.17) is 0 Å². The molecule has 0 bridgehead atoms. The summed E-state index contributed by atoms with van der Waals surface area (Å²) in [6, 6.07) is 7.41. The number of pyridine rings is 1. The average Bonchev–Trinajstić information content (AvgIpc) is 3.05. The summed E-state index contributed by atoms with van der Waals surface area (Å²) in [5.41, 5.74) is -0.406. The largest absolute Gasteiger partial charge is 0.507 e. The van der Waals surface area contributed by atoms with Crippen LogP contribution in [0.2, 0.25) is 0 Å². The second-order valence-corrected chi connectivity index (χ2v) is 10.4. The van der Waals surface area contributed by atoms with E-state index in [2.05, 4.69) is 28.9 Å². The first kappa shape index (κ1) is 25.8. The van der Waals surface area contributed by atoms with Crippen molar-refractivity contribution in [3.05, 3.63) is 58.5 Å². The van der Waals surface area contributed by atoms with Crippen LogP contribution in [-0.2, 0) is 7.05 Å². The van der Waals surface area contributed by atoms with Gasteiger partial charge in [-0.1, -0.05) is 33.1 Å². The summed E-state index contributed by atoms with van der Waals surface area (Å²) in [5.74, 6) is -2.21. The summed E-state index contributed by atoms with van der Waals surface area (Å²) in [5, 5.41) is 19.0. The van der Waals surface area contributed by atoms with Crippen LogP contribution in [0.3, 0.4) is 0 Å². The Hall–Kier alpha value is -3.29. The average molecular weight is 497 g/mol. The molecule has 2 aromatic heterocycles. The van der Waals surface area contributed by atoms with Gasteiger partial charge in [0.1, 0.15) is 5.75 Å². The lowest BCUT2D eigenvalue weighted by atomic mass is 9.77. The quantitative estimate of drug-likeness (QED) is 0.420. The predicted molar refractivity (Wildman–Crippen MR) is 138 cm³/mol. The molecule has 1 aliphatic rings. The molecular formula is C28H34F2N4O2. The Balaban J connectivity index is 1.61. The van der Waals surface area contributed by atoms with Crippen LogP contribution in [0.15, 0.2) is 41.3 Å². The Labute approximate surface area is 210 Å².